The number of benzene rings is 1. The van der Waals surface area contributed by atoms with Crippen LogP contribution in [-0.2, 0) is 22.7 Å². The van der Waals surface area contributed by atoms with Crippen LogP contribution in [0.2, 0.25) is 0 Å². The maximum atomic E-state index is 11.7. The summed E-state index contributed by atoms with van der Waals surface area (Å²) in [5, 5.41) is 21.9. The van der Waals surface area contributed by atoms with Gasteiger partial charge < -0.3 is 9.47 Å². The first-order chi connectivity index (χ1) is 11.1. The third-order valence-electron chi connectivity index (χ3n) is 2.81. The van der Waals surface area contributed by atoms with E-state index in [9.17, 15) is 14.9 Å². The minimum atomic E-state index is -0.672. The average Bonchev–Trinajstić information content (AvgIpc) is 2.99. The Balaban J connectivity index is 1.86. The largest absolute Gasteiger partial charge is 0.475 e. The molecular formula is C13H15N5O5. The van der Waals surface area contributed by atoms with Gasteiger partial charge in [0.25, 0.3) is 0 Å². The maximum Gasteiger partial charge on any atom is 0.344 e. The highest BCUT2D eigenvalue weighted by atomic mass is 16.6. The monoisotopic (exact) mass is 321 g/mol. The van der Waals surface area contributed by atoms with Crippen molar-refractivity contribution >= 4 is 11.7 Å². The number of para-hydroxylation sites is 2. The first-order valence-electron chi connectivity index (χ1n) is 6.88. The van der Waals surface area contributed by atoms with Crippen LogP contribution >= 0.6 is 0 Å². The summed E-state index contributed by atoms with van der Waals surface area (Å²) in [6.07, 6.45) is 0.840. The number of hydrogen-bond donors (Lipinski definition) is 0. The van der Waals surface area contributed by atoms with Crippen molar-refractivity contribution in [3.8, 4) is 5.75 Å². The fourth-order valence-electron chi connectivity index (χ4n) is 1.77. The second-order valence-electron chi connectivity index (χ2n) is 4.49. The molecule has 0 bridgehead atoms. The molecule has 0 spiro atoms. The lowest BCUT2D eigenvalue weighted by Gasteiger charge is -2.07. The number of aromatic nitrogens is 4. The molecule has 0 atom stereocenters. The van der Waals surface area contributed by atoms with Crippen LogP contribution in [0.4, 0.5) is 5.69 Å². The number of nitrogens with zero attached hydrogens (tertiary/aromatic N) is 5. The molecule has 0 radical (unpaired) electrons. The highest BCUT2D eigenvalue weighted by Gasteiger charge is 2.16. The zero-order valence-corrected chi connectivity index (χ0v) is 12.4. The van der Waals surface area contributed by atoms with Crippen molar-refractivity contribution in [3.05, 3.63) is 40.2 Å². The SMILES string of the molecule is CCCn1nnnc1COC(=O)COc1ccccc1[N+](=O)[O-]. The summed E-state index contributed by atoms with van der Waals surface area (Å²) in [4.78, 5) is 21.9. The molecule has 1 heterocycles. The number of aryl methyl sites for hydroxylation is 1. The highest BCUT2D eigenvalue weighted by Crippen LogP contribution is 2.25. The molecule has 0 aliphatic rings. The topological polar surface area (TPSA) is 122 Å². The molecule has 0 unspecified atom stereocenters. The van der Waals surface area contributed by atoms with Crippen LogP contribution in [0.1, 0.15) is 19.2 Å². The Hall–Kier alpha value is -3.04. The lowest BCUT2D eigenvalue weighted by Crippen LogP contribution is -2.17. The Bertz CT molecular complexity index is 687. The zero-order valence-electron chi connectivity index (χ0n) is 12.4. The van der Waals surface area contributed by atoms with Gasteiger partial charge in [0, 0.05) is 12.6 Å². The molecule has 0 aliphatic carbocycles. The second kappa shape index (κ2) is 7.82. The van der Waals surface area contributed by atoms with Crippen LogP contribution in [0, 0.1) is 10.1 Å². The molecule has 0 saturated heterocycles. The minimum Gasteiger partial charge on any atom is -0.475 e. The van der Waals surface area contributed by atoms with Crippen LogP contribution in [0.15, 0.2) is 24.3 Å². The summed E-state index contributed by atoms with van der Waals surface area (Å²) in [6.45, 7) is 2.05. The van der Waals surface area contributed by atoms with E-state index in [-0.39, 0.29) is 18.0 Å². The van der Waals surface area contributed by atoms with E-state index < -0.39 is 17.5 Å². The lowest BCUT2D eigenvalue weighted by molar-refractivity contribution is -0.385. The Morgan fingerprint density at radius 1 is 1.39 bits per heavy atom. The molecule has 2 rings (SSSR count). The minimum absolute atomic E-state index is 0.00488. The summed E-state index contributed by atoms with van der Waals surface area (Å²) in [5.41, 5.74) is -0.216. The maximum absolute atomic E-state index is 11.7. The van der Waals surface area contributed by atoms with Gasteiger partial charge in [0.15, 0.2) is 24.8 Å². The number of esters is 1. The average molecular weight is 321 g/mol. The normalized spacial score (nSPS) is 10.3. The predicted octanol–water partition coefficient (Wildman–Crippen LogP) is 1.11. The van der Waals surface area contributed by atoms with E-state index in [0.717, 1.165) is 6.42 Å². The van der Waals surface area contributed by atoms with Crippen molar-refractivity contribution < 1.29 is 19.2 Å². The van der Waals surface area contributed by atoms with Crippen molar-refractivity contribution in [2.24, 2.45) is 0 Å². The van der Waals surface area contributed by atoms with Gasteiger partial charge in [-0.1, -0.05) is 19.1 Å². The number of hydrogen-bond acceptors (Lipinski definition) is 8. The number of nitro benzene ring substituents is 1. The summed E-state index contributed by atoms with van der Waals surface area (Å²) in [7, 11) is 0. The summed E-state index contributed by atoms with van der Waals surface area (Å²) >= 11 is 0. The molecule has 10 heteroatoms. The number of carbonyl (C=O) groups is 1. The van der Waals surface area contributed by atoms with Crippen molar-refractivity contribution in [3.63, 3.8) is 0 Å². The van der Waals surface area contributed by atoms with Crippen molar-refractivity contribution in [2.45, 2.75) is 26.5 Å². The Labute approximate surface area is 131 Å². The van der Waals surface area contributed by atoms with E-state index in [0.29, 0.717) is 12.4 Å². The molecule has 2 aromatic rings. The number of ether oxygens (including phenoxy) is 2. The molecule has 10 nitrogen and oxygen atoms in total. The van der Waals surface area contributed by atoms with E-state index in [1.807, 2.05) is 6.92 Å². The Morgan fingerprint density at radius 2 is 2.17 bits per heavy atom. The van der Waals surface area contributed by atoms with Crippen LogP contribution in [0.5, 0.6) is 5.75 Å². The van der Waals surface area contributed by atoms with Gasteiger partial charge in [-0.15, -0.1) is 5.10 Å². The van der Waals surface area contributed by atoms with E-state index >= 15 is 0 Å². The molecule has 0 fully saturated rings. The predicted molar refractivity (Wildman–Crippen MR) is 76.5 cm³/mol. The fraction of sp³-hybridized carbons (Fsp3) is 0.385. The summed E-state index contributed by atoms with van der Waals surface area (Å²) in [5.74, 6) is -0.245. The molecule has 0 aliphatic heterocycles. The Morgan fingerprint density at radius 3 is 2.91 bits per heavy atom. The molecule has 0 saturated carbocycles. The fourth-order valence-corrected chi connectivity index (χ4v) is 1.77. The molecule has 0 N–H and O–H groups in total. The summed E-state index contributed by atoms with van der Waals surface area (Å²) in [6, 6.07) is 5.79. The molecule has 1 aromatic heterocycles. The molecular weight excluding hydrogens is 306 g/mol. The number of nitro groups is 1. The van der Waals surface area contributed by atoms with Crippen LogP contribution in [-0.4, -0.2) is 37.7 Å². The lowest BCUT2D eigenvalue weighted by atomic mass is 10.3. The third-order valence-corrected chi connectivity index (χ3v) is 2.81. The van der Waals surface area contributed by atoms with Gasteiger partial charge in [0.05, 0.1) is 4.92 Å². The zero-order chi connectivity index (χ0) is 16.7. The van der Waals surface area contributed by atoms with E-state index in [1.165, 1.54) is 22.9 Å². The Kier molecular flexibility index (Phi) is 5.56. The van der Waals surface area contributed by atoms with Gasteiger partial charge in [-0.2, -0.15) is 0 Å². The van der Waals surface area contributed by atoms with Crippen LogP contribution in [0.3, 0.4) is 0 Å². The van der Waals surface area contributed by atoms with E-state index in [4.69, 9.17) is 9.47 Å². The standard InChI is InChI=1S/C13H15N5O5/c1-2-7-17-12(14-15-16-17)8-23-13(19)9-22-11-6-4-3-5-10(11)18(20)21/h3-6H,2,7-9H2,1H3. The van der Waals surface area contributed by atoms with E-state index in [2.05, 4.69) is 15.5 Å². The molecule has 23 heavy (non-hydrogen) atoms. The van der Waals surface area contributed by atoms with Gasteiger partial charge in [0.1, 0.15) is 0 Å². The van der Waals surface area contributed by atoms with Gasteiger partial charge in [-0.05, 0) is 22.9 Å². The summed E-state index contributed by atoms with van der Waals surface area (Å²) < 4.78 is 11.7. The molecule has 0 amide bonds. The first kappa shape index (κ1) is 16.3. The molecule has 1 aromatic carbocycles. The van der Waals surface area contributed by atoms with Crippen molar-refractivity contribution in [1.82, 2.24) is 20.2 Å². The van der Waals surface area contributed by atoms with Crippen molar-refractivity contribution in [2.75, 3.05) is 6.61 Å². The second-order valence-corrected chi connectivity index (χ2v) is 4.49. The van der Waals surface area contributed by atoms with Gasteiger partial charge >= 0.3 is 11.7 Å². The van der Waals surface area contributed by atoms with Gasteiger partial charge in [-0.3, -0.25) is 10.1 Å². The number of tetrazole rings is 1. The van der Waals surface area contributed by atoms with Crippen LogP contribution < -0.4 is 4.74 Å². The first-order valence-corrected chi connectivity index (χ1v) is 6.88. The van der Waals surface area contributed by atoms with E-state index in [1.54, 1.807) is 6.07 Å². The van der Waals surface area contributed by atoms with Crippen molar-refractivity contribution in [1.29, 1.82) is 0 Å². The number of rotatable bonds is 8. The van der Waals surface area contributed by atoms with Gasteiger partial charge in [-0.25, -0.2) is 9.48 Å². The highest BCUT2D eigenvalue weighted by molar-refractivity contribution is 5.71. The smallest absolute Gasteiger partial charge is 0.344 e. The quantitative estimate of drug-likeness (QED) is 0.402. The van der Waals surface area contributed by atoms with Crippen LogP contribution in [0.25, 0.3) is 0 Å². The number of carbonyl (C=O) groups excluding carboxylic acids is 1. The molecule has 122 valence electrons. The third kappa shape index (κ3) is 4.46. The van der Waals surface area contributed by atoms with Gasteiger partial charge in [0.2, 0.25) is 0 Å².